The van der Waals surface area contributed by atoms with Crippen molar-refractivity contribution in [3.8, 4) is 0 Å². The van der Waals surface area contributed by atoms with E-state index >= 15 is 0 Å². The van der Waals surface area contributed by atoms with Crippen LogP contribution in [-0.2, 0) is 4.74 Å². The molecule has 0 spiro atoms. The van der Waals surface area contributed by atoms with E-state index in [1.165, 1.54) is 51.4 Å². The quantitative estimate of drug-likeness (QED) is 0.379. The van der Waals surface area contributed by atoms with Gasteiger partial charge in [0, 0.05) is 4.90 Å². The smallest absolute Gasteiger partial charge is 0.340 e. The van der Waals surface area contributed by atoms with Gasteiger partial charge in [-0.2, -0.15) is 0 Å². The van der Waals surface area contributed by atoms with Crippen LogP contribution in [-0.4, -0.2) is 11.4 Å². The summed E-state index contributed by atoms with van der Waals surface area (Å²) in [5.41, 5.74) is 0.725. The Balaban J connectivity index is 1.56. The molecule has 1 unspecified atom stereocenters. The highest BCUT2D eigenvalue weighted by molar-refractivity contribution is 8.00. The predicted octanol–water partition coefficient (Wildman–Crippen LogP) is 6.20. The van der Waals surface area contributed by atoms with Gasteiger partial charge in [0.05, 0.1) is 5.56 Å². The van der Waals surface area contributed by atoms with E-state index in [2.05, 4.69) is 6.92 Å². The number of rotatable bonds is 10. The molecule has 1 aliphatic rings. The summed E-state index contributed by atoms with van der Waals surface area (Å²) in [5, 5.41) is 0. The zero-order chi connectivity index (χ0) is 15.6. The molecule has 1 atom stereocenters. The van der Waals surface area contributed by atoms with Crippen molar-refractivity contribution in [1.29, 1.82) is 0 Å². The first-order chi connectivity index (χ1) is 10.8. The Morgan fingerprint density at radius 3 is 2.32 bits per heavy atom. The standard InChI is InChI=1S/C19H28O2S/c1-2-3-4-5-6-7-8-9-10-15-18-21-19(20)16-13-11-12-14-17(16)22-18/h11-14,18H,2-10,15H2,1H3. The fourth-order valence-corrected chi connectivity index (χ4v) is 3.96. The predicted molar refractivity (Wildman–Crippen MR) is 93.3 cm³/mol. The summed E-state index contributed by atoms with van der Waals surface area (Å²) >= 11 is 1.70. The summed E-state index contributed by atoms with van der Waals surface area (Å²) in [6.07, 6.45) is 12.9. The zero-order valence-corrected chi connectivity index (χ0v) is 14.5. The van der Waals surface area contributed by atoms with Gasteiger partial charge in [-0.1, -0.05) is 82.2 Å². The van der Waals surface area contributed by atoms with Crippen molar-refractivity contribution >= 4 is 17.7 Å². The Hall–Kier alpha value is -0.960. The highest BCUT2D eigenvalue weighted by Crippen LogP contribution is 2.35. The van der Waals surface area contributed by atoms with Crippen LogP contribution in [0.5, 0.6) is 0 Å². The van der Waals surface area contributed by atoms with Crippen LogP contribution >= 0.6 is 11.8 Å². The van der Waals surface area contributed by atoms with Gasteiger partial charge in [0.2, 0.25) is 0 Å². The number of carbonyl (C=O) groups excluding carboxylic acids is 1. The van der Waals surface area contributed by atoms with Crippen molar-refractivity contribution in [2.75, 3.05) is 0 Å². The lowest BCUT2D eigenvalue weighted by atomic mass is 10.1. The molecule has 3 heteroatoms. The minimum absolute atomic E-state index is 0.00644. The third-order valence-corrected chi connectivity index (χ3v) is 5.35. The Kier molecular flexibility index (Phi) is 7.86. The molecular formula is C19H28O2S. The number of unbranched alkanes of at least 4 members (excludes halogenated alkanes) is 8. The van der Waals surface area contributed by atoms with Crippen LogP contribution in [0, 0.1) is 0 Å². The summed E-state index contributed by atoms with van der Waals surface area (Å²) in [7, 11) is 0. The molecule has 1 heterocycles. The molecule has 0 amide bonds. The van der Waals surface area contributed by atoms with Crippen molar-refractivity contribution in [1.82, 2.24) is 0 Å². The van der Waals surface area contributed by atoms with Crippen LogP contribution in [0.1, 0.15) is 81.5 Å². The Bertz CT molecular complexity index is 459. The normalized spacial score (nSPS) is 17.1. The number of carbonyl (C=O) groups is 1. The molecule has 0 saturated heterocycles. The first kappa shape index (κ1) is 17.4. The monoisotopic (exact) mass is 320 g/mol. The third kappa shape index (κ3) is 5.68. The summed E-state index contributed by atoms with van der Waals surface area (Å²) in [5.74, 6) is -0.157. The number of hydrogen-bond donors (Lipinski definition) is 0. The molecule has 0 aliphatic carbocycles. The van der Waals surface area contributed by atoms with E-state index in [-0.39, 0.29) is 11.4 Å². The van der Waals surface area contributed by atoms with E-state index in [1.54, 1.807) is 11.8 Å². The van der Waals surface area contributed by atoms with Gasteiger partial charge in [0.25, 0.3) is 0 Å². The molecule has 0 aromatic heterocycles. The van der Waals surface area contributed by atoms with Crippen molar-refractivity contribution in [2.45, 2.75) is 81.5 Å². The molecular weight excluding hydrogens is 292 g/mol. The van der Waals surface area contributed by atoms with Crippen LogP contribution in [0.2, 0.25) is 0 Å². The van der Waals surface area contributed by atoms with Gasteiger partial charge >= 0.3 is 5.97 Å². The second-order valence-corrected chi connectivity index (χ2v) is 7.27. The highest BCUT2D eigenvalue weighted by Gasteiger charge is 2.25. The van der Waals surface area contributed by atoms with Gasteiger partial charge in [-0.3, -0.25) is 0 Å². The maximum atomic E-state index is 11.9. The first-order valence-corrected chi connectivity index (χ1v) is 9.66. The minimum Gasteiger partial charge on any atom is -0.447 e. The summed E-state index contributed by atoms with van der Waals surface area (Å²) in [6, 6.07) is 7.74. The van der Waals surface area contributed by atoms with Crippen molar-refractivity contribution in [2.24, 2.45) is 0 Å². The minimum atomic E-state index is -0.157. The van der Waals surface area contributed by atoms with Crippen LogP contribution in [0.15, 0.2) is 29.2 Å². The second kappa shape index (κ2) is 9.94. The zero-order valence-electron chi connectivity index (χ0n) is 13.7. The SMILES string of the molecule is CCCCCCCCCCCC1OC(=O)c2ccccc2S1. The molecule has 1 aromatic rings. The lowest BCUT2D eigenvalue weighted by molar-refractivity contribution is 0.0427. The summed E-state index contributed by atoms with van der Waals surface area (Å²) in [4.78, 5) is 13.0. The molecule has 2 rings (SSSR count). The number of fused-ring (bicyclic) bond motifs is 1. The fraction of sp³-hybridized carbons (Fsp3) is 0.632. The first-order valence-electron chi connectivity index (χ1n) is 8.78. The molecule has 1 aromatic carbocycles. The van der Waals surface area contributed by atoms with Gasteiger partial charge in [0.15, 0.2) is 5.44 Å². The number of thioether (sulfide) groups is 1. The maximum absolute atomic E-state index is 11.9. The average molecular weight is 320 g/mol. The van der Waals surface area contributed by atoms with Crippen molar-refractivity contribution in [3.05, 3.63) is 29.8 Å². The second-order valence-electron chi connectivity index (χ2n) is 6.07. The molecule has 0 radical (unpaired) electrons. The van der Waals surface area contributed by atoms with E-state index in [0.717, 1.165) is 23.3 Å². The van der Waals surface area contributed by atoms with Gasteiger partial charge in [0.1, 0.15) is 0 Å². The number of cyclic esters (lactones) is 1. The van der Waals surface area contributed by atoms with Gasteiger partial charge in [-0.05, 0) is 25.0 Å². The number of esters is 1. The van der Waals surface area contributed by atoms with E-state index in [0.29, 0.717) is 0 Å². The highest BCUT2D eigenvalue weighted by atomic mass is 32.2. The lowest BCUT2D eigenvalue weighted by Gasteiger charge is -2.23. The Morgan fingerprint density at radius 1 is 0.955 bits per heavy atom. The summed E-state index contributed by atoms with van der Waals surface area (Å²) in [6.45, 7) is 2.26. The number of hydrogen-bond acceptors (Lipinski definition) is 3. The fourth-order valence-electron chi connectivity index (χ4n) is 2.83. The van der Waals surface area contributed by atoms with Crippen LogP contribution in [0.4, 0.5) is 0 Å². The molecule has 0 bridgehead atoms. The van der Waals surface area contributed by atoms with Gasteiger partial charge in [-0.25, -0.2) is 4.79 Å². The topological polar surface area (TPSA) is 26.3 Å². The molecule has 0 saturated carbocycles. The van der Waals surface area contributed by atoms with E-state index in [4.69, 9.17) is 4.74 Å². The van der Waals surface area contributed by atoms with Crippen LogP contribution in [0.25, 0.3) is 0 Å². The molecule has 22 heavy (non-hydrogen) atoms. The number of benzene rings is 1. The molecule has 1 aliphatic heterocycles. The van der Waals surface area contributed by atoms with E-state index < -0.39 is 0 Å². The lowest BCUT2D eigenvalue weighted by Crippen LogP contribution is -2.20. The maximum Gasteiger partial charge on any atom is 0.340 e. The molecule has 0 N–H and O–H groups in total. The van der Waals surface area contributed by atoms with Gasteiger partial charge < -0.3 is 4.74 Å². The number of ether oxygens (including phenoxy) is 1. The Morgan fingerprint density at radius 2 is 1.59 bits per heavy atom. The molecule has 122 valence electrons. The molecule has 0 fully saturated rings. The van der Waals surface area contributed by atoms with Crippen LogP contribution in [0.3, 0.4) is 0 Å². The average Bonchev–Trinajstić information content (AvgIpc) is 2.53. The van der Waals surface area contributed by atoms with Crippen LogP contribution < -0.4 is 0 Å². The van der Waals surface area contributed by atoms with E-state index in [1.807, 2.05) is 24.3 Å². The Labute approximate surface area is 139 Å². The molecule has 2 nitrogen and oxygen atoms in total. The van der Waals surface area contributed by atoms with Crippen molar-refractivity contribution < 1.29 is 9.53 Å². The van der Waals surface area contributed by atoms with Crippen molar-refractivity contribution in [3.63, 3.8) is 0 Å². The third-order valence-electron chi connectivity index (χ3n) is 4.15. The largest absolute Gasteiger partial charge is 0.447 e. The van der Waals surface area contributed by atoms with Gasteiger partial charge in [-0.15, -0.1) is 0 Å². The van der Waals surface area contributed by atoms with E-state index in [9.17, 15) is 4.79 Å². The summed E-state index contributed by atoms with van der Waals surface area (Å²) < 4.78 is 5.51.